The topological polar surface area (TPSA) is 61.9 Å². The van der Waals surface area contributed by atoms with Crippen LogP contribution >= 0.6 is 0 Å². The van der Waals surface area contributed by atoms with E-state index in [2.05, 4.69) is 118 Å². The fraction of sp³-hybridized carbons (Fsp3) is 0. The Hall–Kier alpha value is -7.18. The normalized spacial score (nSPS) is 12.2. The van der Waals surface area contributed by atoms with Crippen LogP contribution in [0.2, 0.25) is 0 Å². The quantitative estimate of drug-likeness (QED) is 0.188. The number of benzene rings is 6. The number of furan rings is 2. The zero-order chi connectivity index (χ0) is 33.9. The Balaban J connectivity index is 1.03. The molecule has 0 saturated carbocycles. The molecular weight excluding hydrogens is 641 g/mol. The summed E-state index contributed by atoms with van der Waals surface area (Å²) in [6.45, 7) is 0. The number of para-hydroxylation sites is 4. The number of hydrogen-bond acceptors (Lipinski definition) is 4. The Kier molecular flexibility index (Phi) is 5.41. The fourth-order valence-corrected chi connectivity index (χ4v) is 8.25. The summed E-state index contributed by atoms with van der Waals surface area (Å²) in [7, 11) is 0. The van der Waals surface area contributed by atoms with E-state index in [0.29, 0.717) is 0 Å². The molecule has 0 unspecified atom stereocenters. The molecule has 0 bridgehead atoms. The summed E-state index contributed by atoms with van der Waals surface area (Å²) in [5.74, 6) is 1.73. The average molecular weight is 667 g/mol. The average Bonchev–Trinajstić information content (AvgIpc) is 3.94. The van der Waals surface area contributed by atoms with Crippen molar-refractivity contribution in [3.8, 4) is 22.8 Å². The van der Waals surface area contributed by atoms with Crippen LogP contribution in [0, 0.1) is 0 Å². The van der Waals surface area contributed by atoms with Gasteiger partial charge in [-0.2, -0.15) is 0 Å². The van der Waals surface area contributed by atoms with Crippen molar-refractivity contribution in [2.24, 2.45) is 0 Å². The minimum absolute atomic E-state index is 0.788. The molecule has 0 aliphatic rings. The molecule has 52 heavy (non-hydrogen) atoms. The van der Waals surface area contributed by atoms with E-state index in [4.69, 9.17) is 18.8 Å². The Morgan fingerprint density at radius 2 is 0.904 bits per heavy atom. The van der Waals surface area contributed by atoms with Gasteiger partial charge >= 0.3 is 0 Å². The van der Waals surface area contributed by atoms with Crippen LogP contribution in [-0.2, 0) is 0 Å². The van der Waals surface area contributed by atoms with E-state index < -0.39 is 0 Å². The fourth-order valence-electron chi connectivity index (χ4n) is 8.25. The van der Waals surface area contributed by atoms with Gasteiger partial charge in [0.15, 0.2) is 11.2 Å². The van der Waals surface area contributed by atoms with Crippen LogP contribution in [0.3, 0.4) is 0 Å². The molecule has 0 spiro atoms. The number of aromatic nitrogens is 4. The van der Waals surface area contributed by atoms with E-state index in [1.54, 1.807) is 0 Å². The van der Waals surface area contributed by atoms with E-state index in [1.807, 2.05) is 48.7 Å². The first-order chi connectivity index (χ1) is 25.8. The van der Waals surface area contributed by atoms with Gasteiger partial charge in [-0.25, -0.2) is 9.97 Å². The molecule has 0 amide bonds. The van der Waals surface area contributed by atoms with Gasteiger partial charge < -0.3 is 8.83 Å². The third-order valence-corrected chi connectivity index (χ3v) is 10.6. The Morgan fingerprint density at radius 3 is 1.60 bits per heavy atom. The number of pyridine rings is 2. The van der Waals surface area contributed by atoms with Gasteiger partial charge in [0.2, 0.25) is 0 Å². The molecule has 6 nitrogen and oxygen atoms in total. The molecule has 0 fully saturated rings. The predicted molar refractivity (Wildman–Crippen MR) is 211 cm³/mol. The third-order valence-electron chi connectivity index (χ3n) is 10.6. The van der Waals surface area contributed by atoms with Crippen LogP contribution in [-0.4, -0.2) is 19.1 Å². The molecule has 6 heteroatoms. The lowest BCUT2D eigenvalue weighted by molar-refractivity contribution is 0.666. The van der Waals surface area contributed by atoms with Gasteiger partial charge in [0.05, 0.1) is 28.3 Å². The maximum atomic E-state index is 6.10. The van der Waals surface area contributed by atoms with Gasteiger partial charge in [0.25, 0.3) is 0 Å². The van der Waals surface area contributed by atoms with Crippen LogP contribution in [0.15, 0.2) is 167 Å². The van der Waals surface area contributed by atoms with Crippen LogP contribution in [0.25, 0.3) is 110 Å². The maximum absolute atomic E-state index is 6.10. The zero-order valence-corrected chi connectivity index (χ0v) is 27.6. The molecule has 0 N–H and O–H groups in total. The van der Waals surface area contributed by atoms with Crippen molar-refractivity contribution in [1.29, 1.82) is 0 Å². The molecule has 0 atom stereocenters. The predicted octanol–water partition coefficient (Wildman–Crippen LogP) is 12.1. The number of rotatable bonds is 3. The van der Waals surface area contributed by atoms with Gasteiger partial charge in [-0.05, 0) is 83.9 Å². The van der Waals surface area contributed by atoms with Gasteiger partial charge in [-0.1, -0.05) is 78.9 Å². The number of hydrogen-bond donors (Lipinski definition) is 0. The summed E-state index contributed by atoms with van der Waals surface area (Å²) in [6.07, 6.45) is 1.84. The first-order valence-corrected chi connectivity index (χ1v) is 17.4. The number of nitrogens with zero attached hydrogens (tertiary/aromatic N) is 4. The van der Waals surface area contributed by atoms with E-state index in [-0.39, 0.29) is 0 Å². The summed E-state index contributed by atoms with van der Waals surface area (Å²) < 4.78 is 16.7. The molecule has 0 aliphatic heterocycles. The zero-order valence-electron chi connectivity index (χ0n) is 27.6. The molecule has 6 aromatic heterocycles. The van der Waals surface area contributed by atoms with Crippen molar-refractivity contribution in [2.75, 3.05) is 0 Å². The molecule has 0 aliphatic carbocycles. The molecule has 242 valence electrons. The molecule has 12 aromatic rings. The molecule has 6 aromatic carbocycles. The standard InChI is InChI=1S/C46H26N4O2/c1-5-13-36-29(9-1)33-23-27(17-19-38(33)49(36)44-22-21-42-46(48-44)32-12-4-8-16-41(32)51-42)28-18-20-39-34(24-28)30-10-2-6-14-37(30)50(39)45-25-35-31-11-3-7-15-40(31)52-43(35)26-47-45/h1-26H. The first-order valence-electron chi connectivity index (χ1n) is 17.4. The highest BCUT2D eigenvalue weighted by atomic mass is 16.3. The molecule has 6 heterocycles. The Bertz CT molecular complexity index is 3200. The lowest BCUT2D eigenvalue weighted by Crippen LogP contribution is -1.97. The van der Waals surface area contributed by atoms with E-state index in [0.717, 1.165) is 88.8 Å². The van der Waals surface area contributed by atoms with Gasteiger partial charge in [-0.15, -0.1) is 0 Å². The monoisotopic (exact) mass is 666 g/mol. The Labute approximate surface area is 295 Å². The highest BCUT2D eigenvalue weighted by molar-refractivity contribution is 6.13. The van der Waals surface area contributed by atoms with Gasteiger partial charge in [0, 0.05) is 37.7 Å². The largest absolute Gasteiger partial charge is 0.454 e. The van der Waals surface area contributed by atoms with Crippen LogP contribution in [0.5, 0.6) is 0 Å². The second kappa shape index (κ2) is 10.2. The third kappa shape index (κ3) is 3.78. The number of fused-ring (bicyclic) bond motifs is 12. The van der Waals surface area contributed by atoms with Crippen LogP contribution in [0.1, 0.15) is 0 Å². The van der Waals surface area contributed by atoms with E-state index in [1.165, 1.54) is 21.5 Å². The van der Waals surface area contributed by atoms with Crippen molar-refractivity contribution in [2.45, 2.75) is 0 Å². The molecule has 12 rings (SSSR count). The van der Waals surface area contributed by atoms with Gasteiger partial charge in [-0.3, -0.25) is 9.13 Å². The lowest BCUT2D eigenvalue weighted by Gasteiger charge is -2.09. The van der Waals surface area contributed by atoms with Crippen molar-refractivity contribution in [1.82, 2.24) is 19.1 Å². The highest BCUT2D eigenvalue weighted by Crippen LogP contribution is 2.39. The van der Waals surface area contributed by atoms with Gasteiger partial charge in [0.1, 0.15) is 28.3 Å². The second-order valence-electron chi connectivity index (χ2n) is 13.4. The van der Waals surface area contributed by atoms with Crippen LogP contribution in [0.4, 0.5) is 0 Å². The maximum Gasteiger partial charge on any atom is 0.154 e. The van der Waals surface area contributed by atoms with Crippen molar-refractivity contribution >= 4 is 87.6 Å². The first kappa shape index (κ1) is 27.6. The smallest absolute Gasteiger partial charge is 0.154 e. The summed E-state index contributed by atoms with van der Waals surface area (Å²) in [4.78, 5) is 10.1. The van der Waals surface area contributed by atoms with E-state index >= 15 is 0 Å². The minimum atomic E-state index is 0.788. The molecule has 0 saturated heterocycles. The molecule has 0 radical (unpaired) electrons. The van der Waals surface area contributed by atoms with Crippen molar-refractivity contribution < 1.29 is 8.83 Å². The highest BCUT2D eigenvalue weighted by Gasteiger charge is 2.19. The second-order valence-corrected chi connectivity index (χ2v) is 13.4. The lowest BCUT2D eigenvalue weighted by atomic mass is 10.0. The summed E-state index contributed by atoms with van der Waals surface area (Å²) in [5, 5.41) is 7.90. The van der Waals surface area contributed by atoms with E-state index in [9.17, 15) is 0 Å². The van der Waals surface area contributed by atoms with Crippen molar-refractivity contribution in [3.05, 3.63) is 158 Å². The summed E-state index contributed by atoms with van der Waals surface area (Å²) in [6, 6.07) is 53.2. The minimum Gasteiger partial charge on any atom is -0.454 e. The summed E-state index contributed by atoms with van der Waals surface area (Å²) in [5.41, 5.74) is 10.9. The summed E-state index contributed by atoms with van der Waals surface area (Å²) >= 11 is 0. The SMILES string of the molecule is c1ccc2c(c1)oc1cnc(-n3c4ccccc4c4cc(-c5ccc6c(c5)c5ccccc5n6-c5ccc6oc7ccccc7c6n5)ccc43)cc12. The van der Waals surface area contributed by atoms with Crippen LogP contribution < -0.4 is 0 Å². The Morgan fingerprint density at radius 1 is 0.365 bits per heavy atom. The molecular formula is C46H26N4O2. The van der Waals surface area contributed by atoms with Crippen molar-refractivity contribution in [3.63, 3.8) is 0 Å².